The Labute approximate surface area is 122 Å². The first-order valence-corrected chi connectivity index (χ1v) is 8.55. The van der Waals surface area contributed by atoms with Gasteiger partial charge in [0.25, 0.3) is 0 Å². The van der Waals surface area contributed by atoms with Gasteiger partial charge in [-0.3, -0.25) is 9.69 Å². The highest BCUT2D eigenvalue weighted by molar-refractivity contribution is 5.76. The molecule has 3 aliphatic heterocycles. The minimum absolute atomic E-state index is 0.408. The van der Waals surface area contributed by atoms with Gasteiger partial charge in [-0.15, -0.1) is 0 Å². The van der Waals surface area contributed by atoms with Crippen LogP contribution in [0.1, 0.15) is 44.9 Å². The second-order valence-electron chi connectivity index (χ2n) is 6.76. The van der Waals surface area contributed by atoms with E-state index in [1.165, 1.54) is 45.2 Å². The highest BCUT2D eigenvalue weighted by Crippen LogP contribution is 2.23. The van der Waals surface area contributed by atoms with Crippen LogP contribution in [-0.4, -0.2) is 61.0 Å². The Balaban J connectivity index is 1.39. The lowest BCUT2D eigenvalue weighted by Gasteiger charge is -2.25. The van der Waals surface area contributed by atoms with Crippen LogP contribution < -0.4 is 5.32 Å². The summed E-state index contributed by atoms with van der Waals surface area (Å²) in [5.74, 6) is 1.18. The predicted octanol–water partition coefficient (Wildman–Crippen LogP) is 1.46. The third kappa shape index (κ3) is 3.53. The fraction of sp³-hybridized carbons (Fsp3) is 0.938. The van der Waals surface area contributed by atoms with Crippen LogP contribution in [0.15, 0.2) is 0 Å². The van der Waals surface area contributed by atoms with E-state index >= 15 is 0 Å². The van der Waals surface area contributed by atoms with Crippen LogP contribution >= 0.6 is 0 Å². The van der Waals surface area contributed by atoms with Crippen LogP contribution in [0.5, 0.6) is 0 Å². The first-order chi connectivity index (χ1) is 9.83. The van der Waals surface area contributed by atoms with Crippen molar-refractivity contribution in [2.75, 3.05) is 39.3 Å². The summed E-state index contributed by atoms with van der Waals surface area (Å²) in [7, 11) is 0. The zero-order valence-electron chi connectivity index (χ0n) is 12.6. The molecule has 4 nitrogen and oxygen atoms in total. The Kier molecular flexibility index (Phi) is 4.94. The summed E-state index contributed by atoms with van der Waals surface area (Å²) in [6, 6.07) is 0.653. The van der Waals surface area contributed by atoms with Gasteiger partial charge in [0.1, 0.15) is 0 Å². The molecule has 1 amide bonds. The van der Waals surface area contributed by atoms with Gasteiger partial charge in [-0.2, -0.15) is 0 Å². The second-order valence-corrected chi connectivity index (χ2v) is 6.76. The van der Waals surface area contributed by atoms with E-state index in [-0.39, 0.29) is 0 Å². The van der Waals surface area contributed by atoms with Crippen LogP contribution in [0.25, 0.3) is 0 Å². The van der Waals surface area contributed by atoms with Gasteiger partial charge in [-0.1, -0.05) is 0 Å². The van der Waals surface area contributed by atoms with E-state index in [1.54, 1.807) is 0 Å². The number of piperidine rings is 1. The highest BCUT2D eigenvalue weighted by atomic mass is 16.2. The highest BCUT2D eigenvalue weighted by Gasteiger charge is 2.31. The van der Waals surface area contributed by atoms with Gasteiger partial charge in [0.2, 0.25) is 5.91 Å². The van der Waals surface area contributed by atoms with Crippen molar-refractivity contribution >= 4 is 5.91 Å². The summed E-state index contributed by atoms with van der Waals surface area (Å²) in [6.45, 7) is 6.76. The van der Waals surface area contributed by atoms with E-state index in [9.17, 15) is 4.79 Å². The van der Waals surface area contributed by atoms with E-state index in [0.717, 1.165) is 44.9 Å². The zero-order valence-corrected chi connectivity index (χ0v) is 12.6. The molecule has 0 spiro atoms. The SMILES string of the molecule is O=C(CCC1CCNCC1)N1CCC(N2CCCC2)C1. The number of carbonyl (C=O) groups is 1. The van der Waals surface area contributed by atoms with Crippen molar-refractivity contribution in [3.63, 3.8) is 0 Å². The maximum Gasteiger partial charge on any atom is 0.222 e. The quantitative estimate of drug-likeness (QED) is 0.846. The molecule has 20 heavy (non-hydrogen) atoms. The summed E-state index contributed by atoms with van der Waals surface area (Å²) >= 11 is 0. The third-order valence-corrected chi connectivity index (χ3v) is 5.40. The normalized spacial score (nSPS) is 29.2. The molecule has 3 fully saturated rings. The molecular formula is C16H29N3O. The Morgan fingerprint density at radius 2 is 1.80 bits per heavy atom. The number of carbonyl (C=O) groups excluding carboxylic acids is 1. The molecular weight excluding hydrogens is 250 g/mol. The Hall–Kier alpha value is -0.610. The van der Waals surface area contributed by atoms with E-state index in [4.69, 9.17) is 0 Å². The minimum atomic E-state index is 0.408. The first kappa shape index (κ1) is 14.3. The van der Waals surface area contributed by atoms with Gasteiger partial charge in [0.05, 0.1) is 0 Å². The van der Waals surface area contributed by atoms with E-state index < -0.39 is 0 Å². The van der Waals surface area contributed by atoms with E-state index in [1.807, 2.05) is 0 Å². The summed E-state index contributed by atoms with van der Waals surface area (Å²) in [5.41, 5.74) is 0. The van der Waals surface area contributed by atoms with Crippen molar-refractivity contribution in [2.45, 2.75) is 51.0 Å². The molecule has 1 atom stereocenters. The Bertz CT molecular complexity index is 322. The second kappa shape index (κ2) is 6.90. The van der Waals surface area contributed by atoms with Crippen LogP contribution in [-0.2, 0) is 4.79 Å². The maximum absolute atomic E-state index is 12.3. The molecule has 0 aromatic rings. The molecule has 0 aromatic heterocycles. The van der Waals surface area contributed by atoms with Gasteiger partial charge >= 0.3 is 0 Å². The van der Waals surface area contributed by atoms with Gasteiger partial charge in [-0.05, 0) is 70.6 Å². The monoisotopic (exact) mass is 279 g/mol. The van der Waals surface area contributed by atoms with Crippen molar-refractivity contribution in [3.05, 3.63) is 0 Å². The van der Waals surface area contributed by atoms with Crippen molar-refractivity contribution in [1.29, 1.82) is 0 Å². The van der Waals surface area contributed by atoms with Crippen LogP contribution in [0.2, 0.25) is 0 Å². The molecule has 0 saturated carbocycles. The summed E-state index contributed by atoms with van der Waals surface area (Å²) in [6.07, 6.45) is 8.27. The molecule has 3 rings (SSSR count). The summed E-state index contributed by atoms with van der Waals surface area (Å²) in [5, 5.41) is 3.39. The molecule has 4 heteroatoms. The van der Waals surface area contributed by atoms with Crippen molar-refractivity contribution in [3.8, 4) is 0 Å². The van der Waals surface area contributed by atoms with Crippen molar-refractivity contribution < 1.29 is 4.79 Å². The molecule has 3 heterocycles. The number of likely N-dealkylation sites (tertiary alicyclic amines) is 2. The minimum Gasteiger partial charge on any atom is -0.341 e. The van der Waals surface area contributed by atoms with Crippen molar-refractivity contribution in [1.82, 2.24) is 15.1 Å². The number of nitrogens with zero attached hydrogens (tertiary/aromatic N) is 2. The first-order valence-electron chi connectivity index (χ1n) is 8.55. The molecule has 0 aliphatic carbocycles. The van der Waals surface area contributed by atoms with E-state index in [0.29, 0.717) is 11.9 Å². The number of hydrogen-bond donors (Lipinski definition) is 1. The zero-order chi connectivity index (χ0) is 13.8. The van der Waals surface area contributed by atoms with Crippen LogP contribution in [0, 0.1) is 5.92 Å². The molecule has 0 aromatic carbocycles. The lowest BCUT2D eigenvalue weighted by molar-refractivity contribution is -0.130. The third-order valence-electron chi connectivity index (χ3n) is 5.40. The fourth-order valence-electron chi connectivity index (χ4n) is 4.03. The number of hydrogen-bond acceptors (Lipinski definition) is 3. The molecule has 1 unspecified atom stereocenters. The predicted molar refractivity (Wildman–Crippen MR) is 80.6 cm³/mol. The van der Waals surface area contributed by atoms with Gasteiger partial charge in [0, 0.05) is 25.6 Å². The number of amides is 1. The number of rotatable bonds is 4. The number of nitrogens with one attached hydrogen (secondary N) is 1. The Morgan fingerprint density at radius 3 is 2.55 bits per heavy atom. The summed E-state index contributed by atoms with van der Waals surface area (Å²) < 4.78 is 0. The standard InChI is InChI=1S/C16H29N3O/c20-16(4-3-14-5-8-17-9-6-14)19-12-7-15(13-19)18-10-1-2-11-18/h14-15,17H,1-13H2. The molecule has 3 saturated heterocycles. The molecule has 0 bridgehead atoms. The lowest BCUT2D eigenvalue weighted by atomic mass is 9.93. The van der Waals surface area contributed by atoms with Gasteiger partial charge < -0.3 is 10.2 Å². The lowest BCUT2D eigenvalue weighted by Crippen LogP contribution is -2.37. The van der Waals surface area contributed by atoms with Crippen LogP contribution in [0.4, 0.5) is 0 Å². The van der Waals surface area contributed by atoms with Gasteiger partial charge in [0.15, 0.2) is 0 Å². The topological polar surface area (TPSA) is 35.6 Å². The average molecular weight is 279 g/mol. The molecule has 3 aliphatic rings. The molecule has 0 radical (unpaired) electrons. The largest absolute Gasteiger partial charge is 0.341 e. The average Bonchev–Trinajstić information content (AvgIpc) is 3.16. The van der Waals surface area contributed by atoms with Crippen molar-refractivity contribution in [2.24, 2.45) is 5.92 Å². The van der Waals surface area contributed by atoms with E-state index in [2.05, 4.69) is 15.1 Å². The summed E-state index contributed by atoms with van der Waals surface area (Å²) in [4.78, 5) is 17.1. The van der Waals surface area contributed by atoms with Crippen LogP contribution in [0.3, 0.4) is 0 Å². The molecule has 114 valence electrons. The van der Waals surface area contributed by atoms with Gasteiger partial charge in [-0.25, -0.2) is 0 Å². The molecule has 1 N–H and O–H groups in total. The maximum atomic E-state index is 12.3. The Morgan fingerprint density at radius 1 is 1.05 bits per heavy atom. The smallest absolute Gasteiger partial charge is 0.222 e. The fourth-order valence-corrected chi connectivity index (χ4v) is 4.03.